The van der Waals surface area contributed by atoms with Crippen LogP contribution in [0.3, 0.4) is 0 Å². The third-order valence-corrected chi connectivity index (χ3v) is 4.82. The number of aliphatic hydroxyl groups excluding tert-OH is 3. The maximum atomic E-state index is 11.4. The van der Waals surface area contributed by atoms with Crippen LogP contribution in [0.1, 0.15) is 77.6 Å². The van der Waals surface area contributed by atoms with Gasteiger partial charge >= 0.3 is 5.97 Å². The molecule has 0 spiro atoms. The van der Waals surface area contributed by atoms with Gasteiger partial charge in [0.05, 0.1) is 0 Å². The van der Waals surface area contributed by atoms with E-state index in [0.717, 1.165) is 51.2 Å². The minimum atomic E-state index is -1.50. The van der Waals surface area contributed by atoms with E-state index in [1.165, 1.54) is 0 Å². The van der Waals surface area contributed by atoms with Crippen LogP contribution in [0, 0.1) is 11.8 Å². The summed E-state index contributed by atoms with van der Waals surface area (Å²) in [6, 6.07) is 0. The van der Waals surface area contributed by atoms with E-state index in [1.54, 1.807) is 0 Å². The van der Waals surface area contributed by atoms with Crippen LogP contribution in [-0.2, 0) is 14.3 Å². The number of rotatable bonds is 19. The molecule has 0 heterocycles. The molecule has 0 saturated carbocycles. The highest BCUT2D eigenvalue weighted by atomic mass is 16.6. The van der Waals surface area contributed by atoms with Gasteiger partial charge in [0.2, 0.25) is 6.29 Å². The molecule has 0 aromatic carbocycles. The fourth-order valence-electron chi connectivity index (χ4n) is 3.07. The lowest BCUT2D eigenvalue weighted by Crippen LogP contribution is -2.20. The highest BCUT2D eigenvalue weighted by molar-refractivity contribution is 5.69. The van der Waals surface area contributed by atoms with Crippen LogP contribution in [0.5, 0.6) is 0 Å². The summed E-state index contributed by atoms with van der Waals surface area (Å²) in [5.74, 6) is -1.01. The second-order valence-electron chi connectivity index (χ2n) is 7.54. The van der Waals surface area contributed by atoms with Crippen LogP contribution in [0.4, 0.5) is 0 Å². The number of carbonyl (C=O) groups excluding carboxylic acids is 2. The zero-order chi connectivity index (χ0) is 22.6. The third-order valence-electron chi connectivity index (χ3n) is 4.82. The topological polar surface area (TPSA) is 124 Å². The lowest BCUT2D eigenvalue weighted by Gasteiger charge is -2.19. The average Bonchev–Trinajstić information content (AvgIpc) is 2.71. The molecule has 3 unspecified atom stereocenters. The van der Waals surface area contributed by atoms with Gasteiger partial charge in [0.15, 0.2) is 6.29 Å². The largest absolute Gasteiger partial charge is 0.433 e. The van der Waals surface area contributed by atoms with Gasteiger partial charge in [0.1, 0.15) is 12.9 Å². The van der Waals surface area contributed by atoms with Crippen molar-refractivity contribution in [1.29, 1.82) is 0 Å². The molecular weight excluding hydrogens is 388 g/mol. The molecule has 0 amide bonds. The molecule has 3 atom stereocenters. The van der Waals surface area contributed by atoms with Gasteiger partial charge in [-0.1, -0.05) is 56.9 Å². The number of unbranched alkanes of at least 4 members (excludes halogenated alkanes) is 6. The van der Waals surface area contributed by atoms with Crippen molar-refractivity contribution in [2.75, 3.05) is 6.61 Å². The highest BCUT2D eigenvalue weighted by Crippen LogP contribution is 2.22. The minimum Gasteiger partial charge on any atom is -0.433 e. The summed E-state index contributed by atoms with van der Waals surface area (Å²) in [6.45, 7) is 1.54. The molecule has 0 aromatic rings. The van der Waals surface area contributed by atoms with Crippen molar-refractivity contribution < 1.29 is 34.8 Å². The maximum absolute atomic E-state index is 11.4. The van der Waals surface area contributed by atoms with Crippen molar-refractivity contribution in [1.82, 2.24) is 0 Å². The van der Waals surface area contributed by atoms with Crippen LogP contribution < -0.4 is 0 Å². The molecule has 0 aliphatic heterocycles. The molecule has 0 radical (unpaired) electrons. The highest BCUT2D eigenvalue weighted by Gasteiger charge is 2.20. The van der Waals surface area contributed by atoms with Crippen molar-refractivity contribution in [3.05, 3.63) is 24.3 Å². The van der Waals surface area contributed by atoms with Crippen LogP contribution in [-0.4, -0.2) is 51.9 Å². The molecule has 0 saturated heterocycles. The van der Waals surface area contributed by atoms with Gasteiger partial charge in [-0.2, -0.15) is 0 Å². The Kier molecular flexibility index (Phi) is 18.4. The van der Waals surface area contributed by atoms with Gasteiger partial charge in [-0.15, -0.1) is 0 Å². The molecule has 0 aromatic heterocycles. The van der Waals surface area contributed by atoms with Gasteiger partial charge in [0, 0.05) is 18.8 Å². The molecule has 7 heteroatoms. The standard InChI is InChI=1S/C23H40O7/c1-2-3-4-7-10-13-19(20(17-24)16-21(26)27)14-11-8-5-6-9-12-15-22(28)30-23(29)18-25/h7,10-11,14,17,19-21,23,25-27,29H,2-6,8-9,12-13,15-16,18H2,1H3/b10-7-,14-11+. The van der Waals surface area contributed by atoms with E-state index in [4.69, 9.17) is 10.2 Å². The van der Waals surface area contributed by atoms with Crippen LogP contribution >= 0.6 is 0 Å². The Morgan fingerprint density at radius 3 is 2.27 bits per heavy atom. The molecule has 7 nitrogen and oxygen atoms in total. The van der Waals surface area contributed by atoms with Crippen molar-refractivity contribution >= 4 is 12.3 Å². The SMILES string of the molecule is CCCC/C=C\CC(/C=C/CCCCCCC(=O)OC(O)CO)C(C=O)CC(O)O. The first kappa shape index (κ1) is 28.5. The first-order chi connectivity index (χ1) is 14.4. The zero-order valence-corrected chi connectivity index (χ0v) is 18.2. The summed E-state index contributed by atoms with van der Waals surface area (Å²) in [7, 11) is 0. The summed E-state index contributed by atoms with van der Waals surface area (Å²) in [6.07, 6.45) is 14.5. The number of esters is 1. The maximum Gasteiger partial charge on any atom is 0.308 e. The number of aldehydes is 1. The molecule has 0 rings (SSSR count). The van der Waals surface area contributed by atoms with E-state index in [0.29, 0.717) is 12.8 Å². The second-order valence-corrected chi connectivity index (χ2v) is 7.54. The van der Waals surface area contributed by atoms with Gasteiger partial charge in [-0.25, -0.2) is 0 Å². The normalized spacial score (nSPS) is 15.0. The summed E-state index contributed by atoms with van der Waals surface area (Å²) in [5.41, 5.74) is 0. The lowest BCUT2D eigenvalue weighted by atomic mass is 9.87. The predicted molar refractivity (Wildman–Crippen MR) is 115 cm³/mol. The summed E-state index contributed by atoms with van der Waals surface area (Å²) >= 11 is 0. The Balaban J connectivity index is 4.28. The van der Waals surface area contributed by atoms with Gasteiger partial charge in [-0.3, -0.25) is 4.79 Å². The van der Waals surface area contributed by atoms with Crippen molar-refractivity contribution in [3.63, 3.8) is 0 Å². The first-order valence-electron chi connectivity index (χ1n) is 11.1. The van der Waals surface area contributed by atoms with E-state index < -0.39 is 31.1 Å². The number of hydrogen-bond acceptors (Lipinski definition) is 7. The Labute approximate surface area is 180 Å². The van der Waals surface area contributed by atoms with E-state index >= 15 is 0 Å². The monoisotopic (exact) mass is 428 g/mol. The fourth-order valence-corrected chi connectivity index (χ4v) is 3.07. The smallest absolute Gasteiger partial charge is 0.308 e. The third kappa shape index (κ3) is 16.3. The fraction of sp³-hybridized carbons (Fsp3) is 0.739. The van der Waals surface area contributed by atoms with E-state index in [2.05, 4.69) is 23.8 Å². The van der Waals surface area contributed by atoms with Crippen molar-refractivity contribution in [3.8, 4) is 0 Å². The second kappa shape index (κ2) is 19.4. The Bertz CT molecular complexity index is 488. The Morgan fingerprint density at radius 2 is 1.63 bits per heavy atom. The zero-order valence-electron chi connectivity index (χ0n) is 18.2. The predicted octanol–water partition coefficient (Wildman–Crippen LogP) is 3.01. The molecule has 0 aliphatic carbocycles. The molecular formula is C23H40O7. The molecule has 30 heavy (non-hydrogen) atoms. The average molecular weight is 429 g/mol. The summed E-state index contributed by atoms with van der Waals surface area (Å²) < 4.78 is 4.57. The van der Waals surface area contributed by atoms with Gasteiger partial charge < -0.3 is 30.0 Å². The minimum absolute atomic E-state index is 0.0301. The van der Waals surface area contributed by atoms with Crippen LogP contribution in [0.15, 0.2) is 24.3 Å². The number of ether oxygens (including phenoxy) is 1. The van der Waals surface area contributed by atoms with E-state index in [-0.39, 0.29) is 18.8 Å². The number of allylic oxidation sites excluding steroid dienone is 4. The van der Waals surface area contributed by atoms with Crippen LogP contribution in [0.25, 0.3) is 0 Å². The van der Waals surface area contributed by atoms with Crippen LogP contribution in [0.2, 0.25) is 0 Å². The summed E-state index contributed by atoms with van der Waals surface area (Å²) in [5, 5.41) is 36.1. The molecule has 0 bridgehead atoms. The number of carbonyl (C=O) groups is 2. The van der Waals surface area contributed by atoms with Crippen molar-refractivity contribution in [2.24, 2.45) is 11.8 Å². The first-order valence-corrected chi connectivity index (χ1v) is 11.1. The molecule has 0 fully saturated rings. The van der Waals surface area contributed by atoms with E-state index in [1.807, 2.05) is 12.2 Å². The number of aliphatic hydroxyl groups is 4. The van der Waals surface area contributed by atoms with Gasteiger partial charge in [0.25, 0.3) is 0 Å². The van der Waals surface area contributed by atoms with Crippen molar-refractivity contribution in [2.45, 2.75) is 90.1 Å². The quantitative estimate of drug-likeness (QED) is 0.0819. The van der Waals surface area contributed by atoms with Gasteiger partial charge in [-0.05, 0) is 38.0 Å². The summed E-state index contributed by atoms with van der Waals surface area (Å²) in [4.78, 5) is 22.8. The number of hydrogen-bond donors (Lipinski definition) is 4. The molecule has 4 N–H and O–H groups in total. The molecule has 174 valence electrons. The Morgan fingerprint density at radius 1 is 0.933 bits per heavy atom. The lowest BCUT2D eigenvalue weighted by molar-refractivity contribution is -0.173. The molecule has 0 aliphatic rings. The van der Waals surface area contributed by atoms with E-state index in [9.17, 15) is 19.8 Å². The Hall–Kier alpha value is -1.54.